The molecule has 1 aromatic heterocycles. The van der Waals surface area contributed by atoms with Crippen LogP contribution in [0.1, 0.15) is 43.1 Å². The molecule has 1 saturated heterocycles. The average molecular weight is 193 g/mol. The molecule has 1 aliphatic heterocycles. The quantitative estimate of drug-likeness (QED) is 0.738. The van der Waals surface area contributed by atoms with Gasteiger partial charge >= 0.3 is 0 Å². The van der Waals surface area contributed by atoms with E-state index in [1.165, 1.54) is 31.4 Å². The van der Waals surface area contributed by atoms with Crippen molar-refractivity contribution in [1.29, 1.82) is 0 Å². The minimum Gasteiger partial charge on any atom is -0.309 e. The van der Waals surface area contributed by atoms with E-state index in [9.17, 15) is 0 Å². The van der Waals surface area contributed by atoms with Gasteiger partial charge in [0.25, 0.3) is 0 Å². The highest BCUT2D eigenvalue weighted by molar-refractivity contribution is 5.13. The van der Waals surface area contributed by atoms with Crippen molar-refractivity contribution in [3.63, 3.8) is 0 Å². The fourth-order valence-corrected chi connectivity index (χ4v) is 2.24. The van der Waals surface area contributed by atoms with Gasteiger partial charge in [-0.15, -0.1) is 0 Å². The average Bonchev–Trinajstić information content (AvgIpc) is 2.43. The maximum Gasteiger partial charge on any atom is 0.0597 e. The molecule has 3 heteroatoms. The summed E-state index contributed by atoms with van der Waals surface area (Å²) >= 11 is 0. The summed E-state index contributed by atoms with van der Waals surface area (Å²) < 4.78 is 2.01. The first-order chi connectivity index (χ1) is 6.77. The SMILES string of the molecule is Cc1cc(C2CCCCCN2)n(C)n1. The standard InChI is InChI=1S/C11H19N3/c1-9-8-11(14(2)13-9)10-6-4-3-5-7-12-10/h8,10,12H,3-7H2,1-2H3. The Bertz CT molecular complexity index is 295. The molecule has 2 rings (SSSR count). The first kappa shape index (κ1) is 9.71. The van der Waals surface area contributed by atoms with Gasteiger partial charge in [0, 0.05) is 13.1 Å². The van der Waals surface area contributed by atoms with Crippen LogP contribution < -0.4 is 5.32 Å². The second-order valence-corrected chi connectivity index (χ2v) is 4.19. The van der Waals surface area contributed by atoms with Gasteiger partial charge in [0.15, 0.2) is 0 Å². The van der Waals surface area contributed by atoms with Crippen molar-refractivity contribution in [2.75, 3.05) is 6.54 Å². The summed E-state index contributed by atoms with van der Waals surface area (Å²) in [7, 11) is 2.04. The van der Waals surface area contributed by atoms with Crippen LogP contribution in [0, 0.1) is 6.92 Å². The van der Waals surface area contributed by atoms with Gasteiger partial charge < -0.3 is 5.32 Å². The Morgan fingerprint density at radius 3 is 3.00 bits per heavy atom. The zero-order valence-corrected chi connectivity index (χ0v) is 9.08. The number of nitrogens with one attached hydrogen (secondary N) is 1. The van der Waals surface area contributed by atoms with Crippen LogP contribution in [0.15, 0.2) is 6.07 Å². The van der Waals surface area contributed by atoms with Crippen molar-refractivity contribution < 1.29 is 0 Å². The van der Waals surface area contributed by atoms with Gasteiger partial charge in [0.1, 0.15) is 0 Å². The number of aryl methyl sites for hydroxylation is 2. The number of hydrogen-bond donors (Lipinski definition) is 1. The highest BCUT2D eigenvalue weighted by atomic mass is 15.3. The largest absolute Gasteiger partial charge is 0.309 e. The Kier molecular flexibility index (Phi) is 2.87. The zero-order chi connectivity index (χ0) is 9.97. The van der Waals surface area contributed by atoms with E-state index in [0.717, 1.165) is 12.2 Å². The molecule has 2 heterocycles. The summed E-state index contributed by atoms with van der Waals surface area (Å²) in [5.74, 6) is 0. The Morgan fingerprint density at radius 1 is 1.43 bits per heavy atom. The maximum absolute atomic E-state index is 4.39. The van der Waals surface area contributed by atoms with Crippen molar-refractivity contribution in [3.8, 4) is 0 Å². The molecule has 1 aliphatic rings. The molecule has 78 valence electrons. The van der Waals surface area contributed by atoms with Gasteiger partial charge in [-0.2, -0.15) is 5.10 Å². The van der Waals surface area contributed by atoms with Crippen LogP contribution in [0.4, 0.5) is 0 Å². The number of aromatic nitrogens is 2. The third-order valence-corrected chi connectivity index (χ3v) is 2.96. The maximum atomic E-state index is 4.39. The molecule has 0 saturated carbocycles. The van der Waals surface area contributed by atoms with Gasteiger partial charge in [-0.3, -0.25) is 4.68 Å². The summed E-state index contributed by atoms with van der Waals surface area (Å²) in [6.07, 6.45) is 5.26. The van der Waals surface area contributed by atoms with Crippen molar-refractivity contribution >= 4 is 0 Å². The van der Waals surface area contributed by atoms with E-state index in [2.05, 4.69) is 23.4 Å². The van der Waals surface area contributed by atoms with E-state index < -0.39 is 0 Å². The van der Waals surface area contributed by atoms with Crippen LogP contribution in [0.5, 0.6) is 0 Å². The molecule has 1 atom stereocenters. The molecule has 0 spiro atoms. The van der Waals surface area contributed by atoms with Crippen molar-refractivity contribution in [1.82, 2.24) is 15.1 Å². The lowest BCUT2D eigenvalue weighted by atomic mass is 10.1. The molecular weight excluding hydrogens is 174 g/mol. The van der Waals surface area contributed by atoms with Gasteiger partial charge in [0.05, 0.1) is 11.4 Å². The van der Waals surface area contributed by atoms with Crippen molar-refractivity contribution in [3.05, 3.63) is 17.5 Å². The molecule has 1 fully saturated rings. The Labute approximate surface area is 85.5 Å². The van der Waals surface area contributed by atoms with E-state index in [4.69, 9.17) is 0 Å². The second kappa shape index (κ2) is 4.13. The van der Waals surface area contributed by atoms with E-state index in [1.54, 1.807) is 0 Å². The summed E-state index contributed by atoms with van der Waals surface area (Å²) in [5.41, 5.74) is 2.46. The molecule has 1 aromatic rings. The lowest BCUT2D eigenvalue weighted by Gasteiger charge is -2.15. The topological polar surface area (TPSA) is 29.9 Å². The lowest BCUT2D eigenvalue weighted by Crippen LogP contribution is -2.22. The molecule has 0 amide bonds. The lowest BCUT2D eigenvalue weighted by molar-refractivity contribution is 0.495. The van der Waals surface area contributed by atoms with Gasteiger partial charge in [-0.05, 0) is 32.4 Å². The molecular formula is C11H19N3. The monoisotopic (exact) mass is 193 g/mol. The van der Waals surface area contributed by atoms with Crippen molar-refractivity contribution in [2.45, 2.75) is 38.6 Å². The summed E-state index contributed by atoms with van der Waals surface area (Å²) in [4.78, 5) is 0. The first-order valence-electron chi connectivity index (χ1n) is 5.51. The van der Waals surface area contributed by atoms with Crippen molar-refractivity contribution in [2.24, 2.45) is 7.05 Å². The van der Waals surface area contributed by atoms with E-state index in [1.807, 2.05) is 11.7 Å². The highest BCUT2D eigenvalue weighted by Crippen LogP contribution is 2.22. The molecule has 1 N–H and O–H groups in total. The van der Waals surface area contributed by atoms with Gasteiger partial charge in [-0.1, -0.05) is 12.8 Å². The summed E-state index contributed by atoms with van der Waals surface area (Å²) in [6, 6.07) is 2.71. The molecule has 0 aliphatic carbocycles. The van der Waals surface area contributed by atoms with Crippen LogP contribution in [-0.2, 0) is 7.05 Å². The molecule has 0 aromatic carbocycles. The highest BCUT2D eigenvalue weighted by Gasteiger charge is 2.16. The van der Waals surface area contributed by atoms with Gasteiger partial charge in [-0.25, -0.2) is 0 Å². The third kappa shape index (κ3) is 1.98. The molecule has 3 nitrogen and oxygen atoms in total. The third-order valence-electron chi connectivity index (χ3n) is 2.96. The van der Waals surface area contributed by atoms with Crippen LogP contribution in [0.25, 0.3) is 0 Å². The van der Waals surface area contributed by atoms with Crippen LogP contribution >= 0.6 is 0 Å². The Hall–Kier alpha value is -0.830. The molecule has 1 unspecified atom stereocenters. The Morgan fingerprint density at radius 2 is 2.29 bits per heavy atom. The van der Waals surface area contributed by atoms with E-state index in [-0.39, 0.29) is 0 Å². The normalized spacial score (nSPS) is 23.4. The fourth-order valence-electron chi connectivity index (χ4n) is 2.24. The molecule has 14 heavy (non-hydrogen) atoms. The van der Waals surface area contributed by atoms with Crippen LogP contribution in [0.2, 0.25) is 0 Å². The van der Waals surface area contributed by atoms with Gasteiger partial charge in [0.2, 0.25) is 0 Å². The predicted molar refractivity (Wildman–Crippen MR) is 57.2 cm³/mol. The van der Waals surface area contributed by atoms with Crippen LogP contribution in [0.3, 0.4) is 0 Å². The smallest absolute Gasteiger partial charge is 0.0597 e. The minimum atomic E-state index is 0.517. The second-order valence-electron chi connectivity index (χ2n) is 4.19. The first-order valence-corrected chi connectivity index (χ1v) is 5.51. The summed E-state index contributed by atoms with van der Waals surface area (Å²) in [5, 5.41) is 7.98. The number of rotatable bonds is 1. The molecule has 0 bridgehead atoms. The minimum absolute atomic E-state index is 0.517. The van der Waals surface area contributed by atoms with Crippen LogP contribution in [-0.4, -0.2) is 16.3 Å². The fraction of sp³-hybridized carbons (Fsp3) is 0.727. The zero-order valence-electron chi connectivity index (χ0n) is 9.08. The Balaban J connectivity index is 2.15. The predicted octanol–water partition coefficient (Wildman–Crippen LogP) is 1.93. The number of hydrogen-bond acceptors (Lipinski definition) is 2. The summed E-state index contributed by atoms with van der Waals surface area (Å²) in [6.45, 7) is 3.20. The molecule has 0 radical (unpaired) electrons. The van der Waals surface area contributed by atoms with E-state index in [0.29, 0.717) is 6.04 Å². The number of nitrogens with zero attached hydrogens (tertiary/aromatic N) is 2. The van der Waals surface area contributed by atoms with E-state index >= 15 is 0 Å².